The fraction of sp³-hybridized carbons (Fsp3) is 0.222. The third kappa shape index (κ3) is 3.71. The molecular weight excluding hydrogens is 309 g/mol. The van der Waals surface area contributed by atoms with Gasteiger partial charge in [-0.2, -0.15) is 0 Å². The van der Waals surface area contributed by atoms with Crippen LogP contribution in [-0.4, -0.2) is 31.6 Å². The first-order valence-electron chi connectivity index (χ1n) is 7.81. The highest BCUT2D eigenvalue weighted by molar-refractivity contribution is 5.96. The molecule has 0 bridgehead atoms. The smallest absolute Gasteiger partial charge is 0.321 e. The Balaban J connectivity index is 1.54. The summed E-state index contributed by atoms with van der Waals surface area (Å²) in [6.45, 7) is 1.68. The van der Waals surface area contributed by atoms with Crippen molar-refractivity contribution in [1.82, 2.24) is 10.6 Å². The first-order valence-corrected chi connectivity index (χ1v) is 7.81. The average molecular weight is 327 g/mol. The minimum Gasteiger partial charge on any atom is -0.352 e. The number of hydrogen-bond donors (Lipinski definition) is 2. The van der Waals surface area contributed by atoms with Gasteiger partial charge in [0.15, 0.2) is 0 Å². The first-order chi connectivity index (χ1) is 11.6. The topological polar surface area (TPSA) is 61.4 Å². The normalized spacial score (nSPS) is 13.7. The third-order valence-corrected chi connectivity index (χ3v) is 3.89. The summed E-state index contributed by atoms with van der Waals surface area (Å²) in [5.74, 6) is -0.468. The van der Waals surface area contributed by atoms with Crippen LogP contribution >= 0.6 is 0 Å². The molecule has 1 heterocycles. The molecule has 0 aliphatic carbocycles. The van der Waals surface area contributed by atoms with E-state index in [2.05, 4.69) is 10.6 Å². The standard InChI is InChI=1S/C18H18FN3O2/c19-15-3-1-2-13(12-15)8-9-20-17(23)14-4-6-16(7-5-14)22-11-10-21-18(22)24/h1-7,12H,8-11H2,(H,20,23)(H,21,24). The molecule has 0 unspecified atom stereocenters. The maximum Gasteiger partial charge on any atom is 0.321 e. The monoisotopic (exact) mass is 327 g/mol. The number of carbonyl (C=O) groups is 2. The van der Waals surface area contributed by atoms with Crippen LogP contribution < -0.4 is 15.5 Å². The van der Waals surface area contributed by atoms with Crippen molar-refractivity contribution in [2.24, 2.45) is 0 Å². The second-order valence-corrected chi connectivity index (χ2v) is 5.57. The van der Waals surface area contributed by atoms with Crippen molar-refractivity contribution in [3.8, 4) is 0 Å². The lowest BCUT2D eigenvalue weighted by Gasteiger charge is -2.14. The van der Waals surface area contributed by atoms with Gasteiger partial charge in [0.25, 0.3) is 5.91 Å². The number of nitrogens with one attached hydrogen (secondary N) is 2. The Bertz CT molecular complexity index is 746. The molecule has 0 spiro atoms. The van der Waals surface area contributed by atoms with E-state index in [1.54, 1.807) is 35.2 Å². The summed E-state index contributed by atoms with van der Waals surface area (Å²) in [7, 11) is 0. The largest absolute Gasteiger partial charge is 0.352 e. The summed E-state index contributed by atoms with van der Waals surface area (Å²) < 4.78 is 13.1. The van der Waals surface area contributed by atoms with Crippen LogP contribution in [0, 0.1) is 5.82 Å². The van der Waals surface area contributed by atoms with Gasteiger partial charge in [0.05, 0.1) is 0 Å². The van der Waals surface area contributed by atoms with Gasteiger partial charge in [-0.3, -0.25) is 9.69 Å². The van der Waals surface area contributed by atoms with E-state index in [1.807, 2.05) is 6.07 Å². The van der Waals surface area contributed by atoms with Gasteiger partial charge in [-0.25, -0.2) is 9.18 Å². The van der Waals surface area contributed by atoms with Gasteiger partial charge >= 0.3 is 6.03 Å². The Morgan fingerprint density at radius 1 is 1.21 bits per heavy atom. The van der Waals surface area contributed by atoms with Crippen LogP contribution in [0.5, 0.6) is 0 Å². The van der Waals surface area contributed by atoms with E-state index in [-0.39, 0.29) is 17.8 Å². The van der Waals surface area contributed by atoms with Crippen LogP contribution in [0.15, 0.2) is 48.5 Å². The number of anilines is 1. The van der Waals surface area contributed by atoms with Crippen LogP contribution in [0.4, 0.5) is 14.9 Å². The Morgan fingerprint density at radius 2 is 2.00 bits per heavy atom. The second kappa shape index (κ2) is 7.12. The van der Waals surface area contributed by atoms with E-state index < -0.39 is 0 Å². The van der Waals surface area contributed by atoms with E-state index in [1.165, 1.54) is 12.1 Å². The van der Waals surface area contributed by atoms with E-state index in [0.717, 1.165) is 11.3 Å². The van der Waals surface area contributed by atoms with Crippen molar-refractivity contribution >= 4 is 17.6 Å². The van der Waals surface area contributed by atoms with E-state index >= 15 is 0 Å². The second-order valence-electron chi connectivity index (χ2n) is 5.57. The van der Waals surface area contributed by atoms with Crippen molar-refractivity contribution in [3.63, 3.8) is 0 Å². The fourth-order valence-corrected chi connectivity index (χ4v) is 2.63. The molecule has 5 nitrogen and oxygen atoms in total. The molecule has 1 aliphatic rings. The SMILES string of the molecule is O=C(NCCc1cccc(F)c1)c1ccc(N2CCNC2=O)cc1. The van der Waals surface area contributed by atoms with E-state index in [9.17, 15) is 14.0 Å². The number of rotatable bonds is 5. The quantitative estimate of drug-likeness (QED) is 0.885. The van der Waals surface area contributed by atoms with Crippen molar-refractivity contribution in [2.45, 2.75) is 6.42 Å². The van der Waals surface area contributed by atoms with Crippen molar-refractivity contribution in [1.29, 1.82) is 0 Å². The summed E-state index contributed by atoms with van der Waals surface area (Å²) in [5, 5.41) is 5.54. The summed E-state index contributed by atoms with van der Waals surface area (Å²) in [6.07, 6.45) is 0.565. The van der Waals surface area contributed by atoms with Gasteiger partial charge in [0.1, 0.15) is 5.82 Å². The molecule has 2 aromatic rings. The maximum absolute atomic E-state index is 13.1. The minimum absolute atomic E-state index is 0.123. The van der Waals surface area contributed by atoms with Crippen LogP contribution in [0.3, 0.4) is 0 Å². The summed E-state index contributed by atoms with van der Waals surface area (Å²) >= 11 is 0. The number of halogens is 1. The Morgan fingerprint density at radius 3 is 2.67 bits per heavy atom. The predicted octanol–water partition coefficient (Wildman–Crippen LogP) is 2.33. The molecule has 3 amide bonds. The zero-order valence-electron chi connectivity index (χ0n) is 13.1. The number of benzene rings is 2. The number of hydrogen-bond acceptors (Lipinski definition) is 2. The number of urea groups is 1. The molecule has 1 fully saturated rings. The molecule has 124 valence electrons. The minimum atomic E-state index is -0.277. The number of nitrogens with zero attached hydrogens (tertiary/aromatic N) is 1. The molecular formula is C18H18FN3O2. The molecule has 24 heavy (non-hydrogen) atoms. The lowest BCUT2D eigenvalue weighted by atomic mass is 10.1. The zero-order chi connectivity index (χ0) is 16.9. The maximum atomic E-state index is 13.1. The van der Waals surface area contributed by atoms with E-state index in [0.29, 0.717) is 31.6 Å². The van der Waals surface area contributed by atoms with Gasteiger partial charge in [0.2, 0.25) is 0 Å². The molecule has 0 radical (unpaired) electrons. The zero-order valence-corrected chi connectivity index (χ0v) is 13.1. The van der Waals surface area contributed by atoms with Gasteiger partial charge in [-0.15, -0.1) is 0 Å². The summed E-state index contributed by atoms with van der Waals surface area (Å²) in [4.78, 5) is 25.4. The van der Waals surface area contributed by atoms with Crippen LogP contribution in [0.1, 0.15) is 15.9 Å². The van der Waals surface area contributed by atoms with Gasteiger partial charge < -0.3 is 10.6 Å². The van der Waals surface area contributed by atoms with Gasteiger partial charge in [-0.05, 0) is 48.4 Å². The van der Waals surface area contributed by atoms with Crippen LogP contribution in [0.25, 0.3) is 0 Å². The molecule has 0 atom stereocenters. The van der Waals surface area contributed by atoms with Crippen molar-refractivity contribution in [2.75, 3.05) is 24.5 Å². The van der Waals surface area contributed by atoms with Gasteiger partial charge in [-0.1, -0.05) is 12.1 Å². The molecule has 1 aliphatic heterocycles. The van der Waals surface area contributed by atoms with Gasteiger partial charge in [0, 0.05) is 30.9 Å². The molecule has 3 rings (SSSR count). The first kappa shape index (κ1) is 16.0. The highest BCUT2D eigenvalue weighted by Crippen LogP contribution is 2.17. The Kier molecular flexibility index (Phi) is 4.74. The lowest BCUT2D eigenvalue weighted by molar-refractivity contribution is 0.0954. The molecule has 0 aromatic heterocycles. The Labute approximate surface area is 139 Å². The van der Waals surface area contributed by atoms with Crippen LogP contribution in [-0.2, 0) is 6.42 Å². The highest BCUT2D eigenvalue weighted by Gasteiger charge is 2.21. The summed E-state index contributed by atoms with van der Waals surface area (Å²) in [5.41, 5.74) is 2.13. The molecule has 6 heteroatoms. The van der Waals surface area contributed by atoms with Crippen molar-refractivity contribution < 1.29 is 14.0 Å². The van der Waals surface area contributed by atoms with Crippen molar-refractivity contribution in [3.05, 3.63) is 65.5 Å². The number of carbonyl (C=O) groups excluding carboxylic acids is 2. The lowest BCUT2D eigenvalue weighted by Crippen LogP contribution is -2.28. The number of amides is 3. The summed E-state index contributed by atoms with van der Waals surface area (Å²) in [6, 6.07) is 13.1. The average Bonchev–Trinajstić information content (AvgIpc) is 3.01. The fourth-order valence-electron chi connectivity index (χ4n) is 2.63. The predicted molar refractivity (Wildman–Crippen MR) is 89.6 cm³/mol. The molecule has 2 aromatic carbocycles. The Hall–Kier alpha value is -2.89. The highest BCUT2D eigenvalue weighted by atomic mass is 19.1. The van der Waals surface area contributed by atoms with E-state index in [4.69, 9.17) is 0 Å². The molecule has 1 saturated heterocycles. The molecule has 2 N–H and O–H groups in total. The molecule has 0 saturated carbocycles. The van der Waals surface area contributed by atoms with Crippen LogP contribution in [0.2, 0.25) is 0 Å². The third-order valence-electron chi connectivity index (χ3n) is 3.89.